The molecule has 114 valence electrons. The number of nitrogens with one attached hydrogen (secondary N) is 1. The third-order valence-corrected chi connectivity index (χ3v) is 5.23. The summed E-state index contributed by atoms with van der Waals surface area (Å²) in [6, 6.07) is 4.84. The van der Waals surface area contributed by atoms with Crippen LogP contribution < -0.4 is 5.32 Å². The first-order valence-electron chi connectivity index (χ1n) is 7.79. The minimum Gasteiger partial charge on any atom is -0.309 e. The Labute approximate surface area is 128 Å². The fraction of sp³-hybridized carbons (Fsp3) is 0.750. The van der Waals surface area contributed by atoms with Gasteiger partial charge in [-0.3, -0.25) is 0 Å². The zero-order valence-electron chi connectivity index (χ0n) is 13.1. The Morgan fingerprint density at radius 3 is 2.75 bits per heavy atom. The van der Waals surface area contributed by atoms with E-state index in [1.54, 1.807) is 0 Å². The predicted molar refractivity (Wildman–Crippen MR) is 88.5 cm³/mol. The molecule has 1 aliphatic heterocycles. The van der Waals surface area contributed by atoms with Crippen molar-refractivity contribution < 1.29 is 0 Å². The van der Waals surface area contributed by atoms with Gasteiger partial charge in [-0.1, -0.05) is 6.07 Å². The highest BCUT2D eigenvalue weighted by Gasteiger charge is 2.19. The van der Waals surface area contributed by atoms with Crippen molar-refractivity contribution in [1.82, 2.24) is 15.1 Å². The number of hydrogen-bond acceptors (Lipinski definition) is 4. The average Bonchev–Trinajstić information content (AvgIpc) is 2.94. The lowest BCUT2D eigenvalue weighted by Gasteiger charge is -2.33. The maximum Gasteiger partial charge on any atom is 0.0386 e. The fourth-order valence-electron chi connectivity index (χ4n) is 2.99. The molecule has 2 rings (SSSR count). The zero-order chi connectivity index (χ0) is 14.4. The van der Waals surface area contributed by atoms with E-state index in [0.717, 1.165) is 12.5 Å². The van der Waals surface area contributed by atoms with Crippen molar-refractivity contribution in [1.29, 1.82) is 0 Å². The molecule has 3 nitrogen and oxygen atoms in total. The molecule has 1 fully saturated rings. The molecule has 0 bridgehead atoms. The lowest BCUT2D eigenvalue weighted by atomic mass is 9.96. The number of likely N-dealkylation sites (tertiary alicyclic amines) is 1. The van der Waals surface area contributed by atoms with E-state index in [-0.39, 0.29) is 0 Å². The molecule has 1 aliphatic rings. The first-order chi connectivity index (χ1) is 9.65. The van der Waals surface area contributed by atoms with Gasteiger partial charge in [-0.25, -0.2) is 0 Å². The number of hydrogen-bond donors (Lipinski definition) is 1. The molecule has 1 aromatic heterocycles. The Hall–Kier alpha value is -0.420. The van der Waals surface area contributed by atoms with Gasteiger partial charge in [-0.05, 0) is 64.3 Å². The van der Waals surface area contributed by atoms with Crippen LogP contribution in [0.4, 0.5) is 0 Å². The molecule has 20 heavy (non-hydrogen) atoms. The van der Waals surface area contributed by atoms with Gasteiger partial charge in [0.25, 0.3) is 0 Å². The summed E-state index contributed by atoms with van der Waals surface area (Å²) in [4.78, 5) is 6.37. The molecule has 0 radical (unpaired) electrons. The summed E-state index contributed by atoms with van der Waals surface area (Å²) in [7, 11) is 4.37. The first-order valence-corrected chi connectivity index (χ1v) is 8.67. The molecule has 1 unspecified atom stereocenters. The molecule has 0 amide bonds. The number of rotatable bonds is 7. The second-order valence-electron chi connectivity index (χ2n) is 6.24. The minimum atomic E-state index is 0.487. The van der Waals surface area contributed by atoms with Gasteiger partial charge in [0.1, 0.15) is 0 Å². The third-order valence-electron chi connectivity index (χ3n) is 4.18. The Morgan fingerprint density at radius 1 is 1.40 bits per heavy atom. The molecular weight excluding hydrogens is 266 g/mol. The second-order valence-corrected chi connectivity index (χ2v) is 7.22. The van der Waals surface area contributed by atoms with E-state index >= 15 is 0 Å². The number of piperidine rings is 1. The second kappa shape index (κ2) is 8.13. The molecule has 1 aromatic rings. The molecule has 0 aliphatic carbocycles. The van der Waals surface area contributed by atoms with Crippen LogP contribution >= 0.6 is 11.3 Å². The van der Waals surface area contributed by atoms with Crippen LogP contribution in [0.15, 0.2) is 17.5 Å². The maximum atomic E-state index is 3.64. The molecule has 4 heteroatoms. The normalized spacial score (nSPS) is 19.6. The SMILES string of the molecule is CC(NCCN1CCC(CN(C)C)CC1)c1cccs1. The van der Waals surface area contributed by atoms with Crippen molar-refractivity contribution in [2.24, 2.45) is 5.92 Å². The molecule has 0 aromatic carbocycles. The Bertz CT molecular complexity index is 356. The van der Waals surface area contributed by atoms with Gasteiger partial charge in [0.05, 0.1) is 0 Å². The summed E-state index contributed by atoms with van der Waals surface area (Å²) < 4.78 is 0. The molecule has 1 N–H and O–H groups in total. The van der Waals surface area contributed by atoms with Crippen LogP contribution in [0, 0.1) is 5.92 Å². The summed E-state index contributed by atoms with van der Waals surface area (Å²) in [6.07, 6.45) is 2.72. The smallest absolute Gasteiger partial charge is 0.0386 e. The van der Waals surface area contributed by atoms with Gasteiger partial charge in [-0.2, -0.15) is 0 Å². The largest absolute Gasteiger partial charge is 0.309 e. The van der Waals surface area contributed by atoms with Crippen LogP contribution in [0.3, 0.4) is 0 Å². The zero-order valence-corrected chi connectivity index (χ0v) is 14.0. The Balaban J connectivity index is 1.59. The summed E-state index contributed by atoms with van der Waals surface area (Å²) in [5.74, 6) is 0.902. The van der Waals surface area contributed by atoms with E-state index in [0.29, 0.717) is 6.04 Å². The fourth-order valence-corrected chi connectivity index (χ4v) is 3.75. The predicted octanol–water partition coefficient (Wildman–Crippen LogP) is 2.67. The van der Waals surface area contributed by atoms with Crippen LogP contribution in [0.1, 0.15) is 30.7 Å². The first kappa shape index (κ1) is 16.0. The maximum absolute atomic E-state index is 3.64. The molecule has 2 heterocycles. The molecule has 0 saturated carbocycles. The Kier molecular flexibility index (Phi) is 6.49. The molecular formula is C16H29N3S. The monoisotopic (exact) mass is 295 g/mol. The molecule has 1 saturated heterocycles. The molecule has 0 spiro atoms. The summed E-state index contributed by atoms with van der Waals surface area (Å²) in [5, 5.41) is 5.79. The van der Waals surface area contributed by atoms with Crippen molar-refractivity contribution >= 4 is 11.3 Å². The van der Waals surface area contributed by atoms with Crippen molar-refractivity contribution in [3.63, 3.8) is 0 Å². The van der Waals surface area contributed by atoms with Gasteiger partial charge in [0.2, 0.25) is 0 Å². The third kappa shape index (κ3) is 5.17. The van der Waals surface area contributed by atoms with Crippen LogP contribution in [-0.2, 0) is 0 Å². The van der Waals surface area contributed by atoms with Crippen LogP contribution in [-0.4, -0.2) is 56.6 Å². The van der Waals surface area contributed by atoms with E-state index in [9.17, 15) is 0 Å². The topological polar surface area (TPSA) is 18.5 Å². The lowest BCUT2D eigenvalue weighted by molar-refractivity contribution is 0.162. The highest BCUT2D eigenvalue weighted by molar-refractivity contribution is 7.10. The van der Waals surface area contributed by atoms with Crippen LogP contribution in [0.2, 0.25) is 0 Å². The van der Waals surface area contributed by atoms with E-state index in [4.69, 9.17) is 0 Å². The van der Waals surface area contributed by atoms with Crippen molar-refractivity contribution in [3.8, 4) is 0 Å². The van der Waals surface area contributed by atoms with E-state index in [1.807, 2.05) is 11.3 Å². The summed E-state index contributed by atoms with van der Waals surface area (Å²) in [6.45, 7) is 8.33. The van der Waals surface area contributed by atoms with Gasteiger partial charge >= 0.3 is 0 Å². The van der Waals surface area contributed by atoms with Crippen LogP contribution in [0.25, 0.3) is 0 Å². The summed E-state index contributed by atoms with van der Waals surface area (Å²) in [5.41, 5.74) is 0. The van der Waals surface area contributed by atoms with Gasteiger partial charge < -0.3 is 15.1 Å². The quantitative estimate of drug-likeness (QED) is 0.834. The van der Waals surface area contributed by atoms with Crippen molar-refractivity contribution in [3.05, 3.63) is 22.4 Å². The highest BCUT2D eigenvalue weighted by atomic mass is 32.1. The summed E-state index contributed by atoms with van der Waals surface area (Å²) >= 11 is 1.84. The van der Waals surface area contributed by atoms with Gasteiger partial charge in [0.15, 0.2) is 0 Å². The van der Waals surface area contributed by atoms with Crippen molar-refractivity contribution in [2.45, 2.75) is 25.8 Å². The van der Waals surface area contributed by atoms with Gasteiger partial charge in [0, 0.05) is 30.6 Å². The van der Waals surface area contributed by atoms with E-state index < -0.39 is 0 Å². The average molecular weight is 295 g/mol. The Morgan fingerprint density at radius 2 is 2.15 bits per heavy atom. The van der Waals surface area contributed by atoms with E-state index in [1.165, 1.54) is 43.9 Å². The van der Waals surface area contributed by atoms with Crippen LogP contribution in [0.5, 0.6) is 0 Å². The van der Waals surface area contributed by atoms with Gasteiger partial charge in [-0.15, -0.1) is 11.3 Å². The van der Waals surface area contributed by atoms with Crippen molar-refractivity contribution in [2.75, 3.05) is 46.8 Å². The number of thiophene rings is 1. The minimum absolute atomic E-state index is 0.487. The highest BCUT2D eigenvalue weighted by Crippen LogP contribution is 2.19. The van der Waals surface area contributed by atoms with E-state index in [2.05, 4.69) is 53.6 Å². The number of nitrogens with zero attached hydrogens (tertiary/aromatic N) is 2. The molecule has 1 atom stereocenters. The lowest BCUT2D eigenvalue weighted by Crippen LogP contribution is -2.40. The standard InChI is InChI=1S/C16H29N3S/c1-14(16-5-4-12-20-16)17-8-11-19-9-6-15(7-10-19)13-18(2)3/h4-5,12,14-15,17H,6-11,13H2,1-3H3.